The molecular formula is C37H40N2O4. The van der Waals surface area contributed by atoms with Crippen molar-refractivity contribution in [3.8, 4) is 5.75 Å². The van der Waals surface area contributed by atoms with Gasteiger partial charge in [0.1, 0.15) is 5.75 Å². The Kier molecular flexibility index (Phi) is 10.6. The second-order valence-electron chi connectivity index (χ2n) is 11.2. The average Bonchev–Trinajstić information content (AvgIpc) is 3.07. The van der Waals surface area contributed by atoms with Crippen molar-refractivity contribution in [2.24, 2.45) is 5.92 Å². The Bertz CT molecular complexity index is 1430. The van der Waals surface area contributed by atoms with Gasteiger partial charge < -0.3 is 20.1 Å². The zero-order valence-corrected chi connectivity index (χ0v) is 24.5. The van der Waals surface area contributed by atoms with Crippen molar-refractivity contribution >= 4 is 12.0 Å². The highest BCUT2D eigenvalue weighted by Gasteiger charge is 2.33. The van der Waals surface area contributed by atoms with Crippen LogP contribution in [0, 0.1) is 5.92 Å². The molecule has 0 spiro atoms. The molecule has 5 rings (SSSR count). The van der Waals surface area contributed by atoms with E-state index in [0.29, 0.717) is 18.8 Å². The van der Waals surface area contributed by atoms with Crippen molar-refractivity contribution in [3.05, 3.63) is 138 Å². The molecule has 0 radical (unpaired) electrons. The molecule has 222 valence electrons. The van der Waals surface area contributed by atoms with E-state index in [4.69, 9.17) is 4.74 Å². The van der Waals surface area contributed by atoms with Gasteiger partial charge in [-0.1, -0.05) is 116 Å². The molecule has 1 aliphatic carbocycles. The van der Waals surface area contributed by atoms with E-state index in [9.17, 15) is 14.7 Å². The van der Waals surface area contributed by atoms with Gasteiger partial charge in [-0.2, -0.15) is 0 Å². The van der Waals surface area contributed by atoms with E-state index >= 15 is 0 Å². The lowest BCUT2D eigenvalue weighted by atomic mass is 9.74. The average molecular weight is 577 g/mol. The van der Waals surface area contributed by atoms with Crippen molar-refractivity contribution < 1.29 is 19.4 Å². The highest BCUT2D eigenvalue weighted by atomic mass is 16.6. The molecule has 1 aliphatic rings. The summed E-state index contributed by atoms with van der Waals surface area (Å²) in [4.78, 5) is 28.4. The van der Waals surface area contributed by atoms with Gasteiger partial charge in [0.2, 0.25) is 5.91 Å². The van der Waals surface area contributed by atoms with Crippen LogP contribution in [0.5, 0.6) is 5.75 Å². The summed E-state index contributed by atoms with van der Waals surface area (Å²) in [5.41, 5.74) is 4.19. The molecule has 1 saturated carbocycles. The van der Waals surface area contributed by atoms with Crippen LogP contribution in [0.4, 0.5) is 4.79 Å². The molecule has 2 N–H and O–H groups in total. The minimum absolute atomic E-state index is 0.00701. The Morgan fingerprint density at radius 2 is 1.42 bits per heavy atom. The Morgan fingerprint density at radius 3 is 2.09 bits per heavy atom. The molecule has 6 heteroatoms. The molecule has 2 amide bonds. The zero-order valence-electron chi connectivity index (χ0n) is 24.5. The first-order chi connectivity index (χ1) is 21.1. The number of rotatable bonds is 11. The molecule has 0 aromatic heterocycles. The summed E-state index contributed by atoms with van der Waals surface area (Å²) in [5, 5.41) is 13.1. The van der Waals surface area contributed by atoms with Gasteiger partial charge >= 0.3 is 6.09 Å². The molecule has 4 aromatic carbocycles. The van der Waals surface area contributed by atoms with Gasteiger partial charge in [0.15, 0.2) is 0 Å². The molecule has 0 saturated heterocycles. The number of nitrogens with zero attached hydrogens (tertiary/aromatic N) is 1. The van der Waals surface area contributed by atoms with E-state index in [-0.39, 0.29) is 30.4 Å². The van der Waals surface area contributed by atoms with Gasteiger partial charge in [0.05, 0.1) is 12.6 Å². The third-order valence-corrected chi connectivity index (χ3v) is 8.30. The predicted octanol–water partition coefficient (Wildman–Crippen LogP) is 7.05. The van der Waals surface area contributed by atoms with Crippen LogP contribution in [-0.2, 0) is 17.8 Å². The topological polar surface area (TPSA) is 78.9 Å². The van der Waals surface area contributed by atoms with Crippen molar-refractivity contribution in [1.29, 1.82) is 0 Å². The first kappa shape index (κ1) is 30.1. The molecule has 3 unspecified atom stereocenters. The third kappa shape index (κ3) is 8.33. The lowest BCUT2D eigenvalue weighted by Gasteiger charge is -2.32. The fourth-order valence-electron chi connectivity index (χ4n) is 5.93. The minimum Gasteiger partial charge on any atom is -0.410 e. The van der Waals surface area contributed by atoms with Crippen LogP contribution in [0.1, 0.15) is 59.9 Å². The summed E-state index contributed by atoms with van der Waals surface area (Å²) in [6, 6.07) is 36.8. The largest absolute Gasteiger partial charge is 0.415 e. The Balaban J connectivity index is 1.27. The maximum atomic E-state index is 13.5. The summed E-state index contributed by atoms with van der Waals surface area (Å²) in [5.74, 6) is 0.466. The van der Waals surface area contributed by atoms with E-state index in [1.165, 1.54) is 0 Å². The maximum absolute atomic E-state index is 13.5. The smallest absolute Gasteiger partial charge is 0.410 e. The summed E-state index contributed by atoms with van der Waals surface area (Å²) in [6.45, 7) is 0.799. The number of hydrogen-bond donors (Lipinski definition) is 2. The standard InChI is InChI=1S/C37H40N2O4/c40-27-35(31-14-6-2-7-15-31)38-36(41)34-19-11-10-18-33(34)30-22-20-29(21-23-30)26-39(25-24-28-12-4-1-5-13-28)37(42)43-32-16-8-3-9-17-32/h1-9,12-17,20-23,33-35,40H,10-11,18-19,24-27H2,(H,38,41). The number of para-hydroxylation sites is 1. The van der Waals surface area contributed by atoms with E-state index in [2.05, 4.69) is 41.7 Å². The number of hydrogen-bond acceptors (Lipinski definition) is 4. The minimum atomic E-state index is -0.420. The number of carbonyl (C=O) groups excluding carboxylic acids is 2. The summed E-state index contributed by atoms with van der Waals surface area (Å²) >= 11 is 0. The van der Waals surface area contributed by atoms with Crippen LogP contribution in [-0.4, -0.2) is 35.2 Å². The number of benzene rings is 4. The first-order valence-corrected chi connectivity index (χ1v) is 15.2. The number of aliphatic hydroxyl groups excluding tert-OH is 1. The van der Waals surface area contributed by atoms with Gasteiger partial charge in [-0.3, -0.25) is 4.79 Å². The SMILES string of the molecule is O=C(NC(CO)c1ccccc1)C1CCCCC1c1ccc(CN(CCc2ccccc2)C(=O)Oc2ccccc2)cc1. The fourth-order valence-corrected chi connectivity index (χ4v) is 5.93. The van der Waals surface area contributed by atoms with Crippen LogP contribution in [0.3, 0.4) is 0 Å². The number of nitrogens with one attached hydrogen (secondary N) is 1. The lowest BCUT2D eigenvalue weighted by Crippen LogP contribution is -2.39. The fraction of sp³-hybridized carbons (Fsp3) is 0.297. The lowest BCUT2D eigenvalue weighted by molar-refractivity contribution is -0.127. The monoisotopic (exact) mass is 576 g/mol. The quantitative estimate of drug-likeness (QED) is 0.201. The number of amides is 2. The molecule has 43 heavy (non-hydrogen) atoms. The first-order valence-electron chi connectivity index (χ1n) is 15.2. The Morgan fingerprint density at radius 1 is 0.791 bits per heavy atom. The molecule has 1 fully saturated rings. The highest BCUT2D eigenvalue weighted by molar-refractivity contribution is 5.80. The molecule has 0 bridgehead atoms. The Labute approximate surface area is 254 Å². The molecular weight excluding hydrogens is 536 g/mol. The van der Waals surface area contributed by atoms with Crippen LogP contribution >= 0.6 is 0 Å². The van der Waals surface area contributed by atoms with Gasteiger partial charge in [-0.05, 0) is 59.6 Å². The van der Waals surface area contributed by atoms with Gasteiger partial charge in [-0.25, -0.2) is 4.79 Å². The second-order valence-corrected chi connectivity index (χ2v) is 11.2. The van der Waals surface area contributed by atoms with Gasteiger partial charge in [0.25, 0.3) is 0 Å². The van der Waals surface area contributed by atoms with Crippen LogP contribution < -0.4 is 10.1 Å². The van der Waals surface area contributed by atoms with Crippen molar-refractivity contribution in [2.75, 3.05) is 13.2 Å². The summed E-state index contributed by atoms with van der Waals surface area (Å²) < 4.78 is 5.69. The normalized spacial score (nSPS) is 17.0. The molecule has 0 heterocycles. The van der Waals surface area contributed by atoms with Gasteiger partial charge in [0, 0.05) is 19.0 Å². The van der Waals surface area contributed by atoms with E-state index in [0.717, 1.165) is 54.4 Å². The summed E-state index contributed by atoms with van der Waals surface area (Å²) in [6.07, 6.45) is 4.20. The van der Waals surface area contributed by atoms with Crippen LogP contribution in [0.2, 0.25) is 0 Å². The Hall–Kier alpha value is -4.42. The molecule has 0 aliphatic heterocycles. The third-order valence-electron chi connectivity index (χ3n) is 8.30. The second kappa shape index (κ2) is 15.2. The highest BCUT2D eigenvalue weighted by Crippen LogP contribution is 2.38. The van der Waals surface area contributed by atoms with E-state index in [1.54, 1.807) is 17.0 Å². The number of ether oxygens (including phenoxy) is 1. The van der Waals surface area contributed by atoms with Gasteiger partial charge in [-0.15, -0.1) is 0 Å². The van der Waals surface area contributed by atoms with Crippen molar-refractivity contribution in [2.45, 2.75) is 50.6 Å². The van der Waals surface area contributed by atoms with Crippen molar-refractivity contribution in [3.63, 3.8) is 0 Å². The van der Waals surface area contributed by atoms with Crippen LogP contribution in [0.15, 0.2) is 115 Å². The number of aliphatic hydroxyl groups is 1. The number of carbonyl (C=O) groups is 2. The molecule has 3 atom stereocenters. The van der Waals surface area contributed by atoms with E-state index in [1.807, 2.05) is 66.7 Å². The predicted molar refractivity (Wildman–Crippen MR) is 169 cm³/mol. The van der Waals surface area contributed by atoms with E-state index < -0.39 is 6.04 Å². The van der Waals surface area contributed by atoms with Crippen molar-refractivity contribution in [1.82, 2.24) is 10.2 Å². The molecule has 4 aromatic rings. The summed E-state index contributed by atoms with van der Waals surface area (Å²) in [7, 11) is 0. The molecule has 6 nitrogen and oxygen atoms in total. The van der Waals surface area contributed by atoms with Crippen LogP contribution in [0.25, 0.3) is 0 Å². The zero-order chi connectivity index (χ0) is 29.9. The maximum Gasteiger partial charge on any atom is 0.415 e.